The van der Waals surface area contributed by atoms with Crippen LogP contribution in [0.1, 0.15) is 11.1 Å². The van der Waals surface area contributed by atoms with Gasteiger partial charge in [0, 0.05) is 23.1 Å². The standard InChI is InChI=1S/C17H16N.ClHO4/c1-14-11-12-18(13-15-7-3-2-4-8-15)17-10-6-5-9-16(14)17;2-1(3,4)5/h2-12H,13H2,1H3;(H,2,3,4,5)/q+1;/p-1. The number of fused-ring (bicyclic) bond motifs is 1. The van der Waals surface area contributed by atoms with Crippen molar-refractivity contribution in [3.63, 3.8) is 0 Å². The maximum Gasteiger partial charge on any atom is 0.213 e. The molecular weight excluding hydrogens is 318 g/mol. The average Bonchev–Trinajstić information content (AvgIpc) is 2.50. The number of halogens is 1. The first-order chi connectivity index (χ1) is 10.8. The minimum atomic E-state index is -4.94. The molecule has 0 aliphatic carbocycles. The minimum Gasteiger partial charge on any atom is -0.222 e. The number of benzene rings is 2. The monoisotopic (exact) mass is 333 g/mol. The van der Waals surface area contributed by atoms with Crippen LogP contribution in [0.3, 0.4) is 0 Å². The second-order valence-electron chi connectivity index (χ2n) is 5.01. The molecule has 1 heterocycles. The quantitative estimate of drug-likeness (QED) is 0.546. The van der Waals surface area contributed by atoms with Gasteiger partial charge in [-0.25, -0.2) is 18.6 Å². The summed E-state index contributed by atoms with van der Waals surface area (Å²) in [6.45, 7) is 3.08. The zero-order valence-corrected chi connectivity index (χ0v) is 13.3. The fourth-order valence-corrected chi connectivity index (χ4v) is 2.35. The Morgan fingerprint density at radius 1 is 0.826 bits per heavy atom. The van der Waals surface area contributed by atoms with Crippen molar-refractivity contribution in [1.29, 1.82) is 0 Å². The Bertz CT molecular complexity index is 766. The van der Waals surface area contributed by atoms with E-state index in [1.807, 2.05) is 0 Å². The number of rotatable bonds is 2. The number of nitrogens with zero attached hydrogens (tertiary/aromatic N) is 1. The predicted octanol–water partition coefficient (Wildman–Crippen LogP) is -1.27. The first-order valence-electron chi connectivity index (χ1n) is 6.88. The number of para-hydroxylation sites is 1. The lowest BCUT2D eigenvalue weighted by Gasteiger charge is -2.17. The summed E-state index contributed by atoms with van der Waals surface area (Å²) in [6.07, 6.45) is 2.17. The molecule has 0 fully saturated rings. The van der Waals surface area contributed by atoms with Crippen LogP contribution in [0.4, 0.5) is 0 Å². The van der Waals surface area contributed by atoms with Gasteiger partial charge in [-0.3, -0.25) is 0 Å². The van der Waals surface area contributed by atoms with Crippen molar-refractivity contribution in [1.82, 2.24) is 0 Å². The van der Waals surface area contributed by atoms with Crippen LogP contribution < -0.4 is 23.2 Å². The number of hydrogen-bond donors (Lipinski definition) is 0. The van der Waals surface area contributed by atoms with Gasteiger partial charge < -0.3 is 0 Å². The molecule has 5 nitrogen and oxygen atoms in total. The number of aromatic nitrogens is 1. The molecular formula is C17H16ClNO4. The third kappa shape index (κ3) is 5.59. The van der Waals surface area contributed by atoms with E-state index >= 15 is 0 Å². The molecule has 6 heteroatoms. The van der Waals surface area contributed by atoms with Gasteiger partial charge in [-0.2, -0.15) is 4.57 Å². The van der Waals surface area contributed by atoms with Crippen LogP contribution in [0.2, 0.25) is 0 Å². The number of aryl methyl sites for hydroxylation is 1. The SMILES string of the molecule is Cc1cc[n+](Cc2ccccc2)c2ccccc12.[O-][Cl+3]([O-])([O-])[O-]. The van der Waals surface area contributed by atoms with Crippen molar-refractivity contribution in [2.75, 3.05) is 0 Å². The second kappa shape index (κ2) is 7.50. The van der Waals surface area contributed by atoms with Gasteiger partial charge in [-0.1, -0.05) is 42.5 Å². The van der Waals surface area contributed by atoms with E-state index in [-0.39, 0.29) is 0 Å². The maximum atomic E-state index is 8.49. The summed E-state index contributed by atoms with van der Waals surface area (Å²) < 4.78 is 36.3. The maximum absolute atomic E-state index is 8.49. The highest BCUT2D eigenvalue weighted by atomic mass is 35.7. The van der Waals surface area contributed by atoms with Crippen molar-refractivity contribution in [2.45, 2.75) is 13.5 Å². The van der Waals surface area contributed by atoms with Crippen molar-refractivity contribution in [3.05, 3.63) is 78.0 Å². The summed E-state index contributed by atoms with van der Waals surface area (Å²) in [5.41, 5.74) is 3.95. The Kier molecular flexibility index (Phi) is 5.65. The first-order valence-corrected chi connectivity index (χ1v) is 8.11. The molecule has 0 N–H and O–H groups in total. The van der Waals surface area contributed by atoms with Gasteiger partial charge >= 0.3 is 0 Å². The van der Waals surface area contributed by atoms with E-state index in [4.69, 9.17) is 18.6 Å². The summed E-state index contributed by atoms with van der Waals surface area (Å²) in [7, 11) is -4.94. The molecule has 120 valence electrons. The van der Waals surface area contributed by atoms with Crippen molar-refractivity contribution >= 4 is 10.9 Å². The Hall–Kier alpha value is -2.02. The highest BCUT2D eigenvalue weighted by molar-refractivity contribution is 5.78. The Morgan fingerprint density at radius 3 is 2.04 bits per heavy atom. The Morgan fingerprint density at radius 2 is 1.39 bits per heavy atom. The molecule has 0 radical (unpaired) electrons. The van der Waals surface area contributed by atoms with E-state index in [1.54, 1.807) is 0 Å². The highest BCUT2D eigenvalue weighted by Crippen LogP contribution is 2.14. The molecule has 3 rings (SSSR count). The lowest BCUT2D eigenvalue weighted by molar-refractivity contribution is -2.00. The predicted molar refractivity (Wildman–Crippen MR) is 74.4 cm³/mol. The summed E-state index contributed by atoms with van der Waals surface area (Å²) in [6, 6.07) is 21.3. The normalized spacial score (nSPS) is 11.0. The van der Waals surface area contributed by atoms with E-state index in [0.29, 0.717) is 0 Å². The van der Waals surface area contributed by atoms with E-state index in [1.165, 1.54) is 22.0 Å². The Balaban J connectivity index is 0.000000338. The molecule has 0 bridgehead atoms. The van der Waals surface area contributed by atoms with Gasteiger partial charge in [0.1, 0.15) is 0 Å². The van der Waals surface area contributed by atoms with Crippen LogP contribution in [0.5, 0.6) is 0 Å². The topological polar surface area (TPSA) is 96.1 Å². The smallest absolute Gasteiger partial charge is 0.213 e. The van der Waals surface area contributed by atoms with Crippen molar-refractivity contribution < 1.29 is 33.4 Å². The molecule has 0 aliphatic rings. The van der Waals surface area contributed by atoms with Crippen LogP contribution in [0.15, 0.2) is 66.9 Å². The molecule has 0 atom stereocenters. The fourth-order valence-electron chi connectivity index (χ4n) is 2.35. The van der Waals surface area contributed by atoms with E-state index in [2.05, 4.69) is 78.4 Å². The fraction of sp³-hybridized carbons (Fsp3) is 0.118. The molecule has 0 spiro atoms. The van der Waals surface area contributed by atoms with E-state index in [9.17, 15) is 0 Å². The lowest BCUT2D eigenvalue weighted by Crippen LogP contribution is -2.68. The average molecular weight is 334 g/mol. The first kappa shape index (κ1) is 17.3. The molecule has 1 aromatic heterocycles. The zero-order chi connectivity index (χ0) is 16.9. The zero-order valence-electron chi connectivity index (χ0n) is 12.5. The molecule has 0 unspecified atom stereocenters. The largest absolute Gasteiger partial charge is 0.222 e. The second-order valence-corrected chi connectivity index (χ2v) is 5.76. The molecule has 3 aromatic rings. The van der Waals surface area contributed by atoms with Gasteiger partial charge in [0.15, 0.2) is 12.7 Å². The summed E-state index contributed by atoms with van der Waals surface area (Å²) in [5, 5.41) is 1.33. The van der Waals surface area contributed by atoms with E-state index in [0.717, 1.165) is 6.54 Å². The van der Waals surface area contributed by atoms with Gasteiger partial charge in [0.25, 0.3) is 0 Å². The van der Waals surface area contributed by atoms with Crippen LogP contribution >= 0.6 is 0 Å². The molecule has 0 aliphatic heterocycles. The molecule has 2 aromatic carbocycles. The molecule has 0 saturated carbocycles. The highest BCUT2D eigenvalue weighted by Gasteiger charge is 2.10. The number of pyridine rings is 1. The van der Waals surface area contributed by atoms with Gasteiger partial charge in [-0.05, 0) is 18.6 Å². The van der Waals surface area contributed by atoms with Crippen LogP contribution in [0.25, 0.3) is 10.9 Å². The minimum absolute atomic E-state index is 0.918. The van der Waals surface area contributed by atoms with Gasteiger partial charge in [-0.15, -0.1) is 10.2 Å². The van der Waals surface area contributed by atoms with Gasteiger partial charge in [0.05, 0.1) is 0 Å². The Labute approximate surface area is 136 Å². The molecule has 0 amide bonds. The van der Waals surface area contributed by atoms with Crippen LogP contribution in [0, 0.1) is 17.2 Å². The number of hydrogen-bond acceptors (Lipinski definition) is 4. The third-order valence-corrected chi connectivity index (χ3v) is 3.34. The third-order valence-electron chi connectivity index (χ3n) is 3.34. The molecule has 0 saturated heterocycles. The summed E-state index contributed by atoms with van der Waals surface area (Å²) in [4.78, 5) is 0. The molecule has 23 heavy (non-hydrogen) atoms. The van der Waals surface area contributed by atoms with Crippen LogP contribution in [-0.2, 0) is 6.54 Å². The van der Waals surface area contributed by atoms with Crippen molar-refractivity contribution in [3.8, 4) is 0 Å². The lowest BCUT2D eigenvalue weighted by atomic mass is 10.1. The van der Waals surface area contributed by atoms with Gasteiger partial charge in [0.2, 0.25) is 5.52 Å². The van der Waals surface area contributed by atoms with Crippen molar-refractivity contribution in [2.24, 2.45) is 0 Å². The summed E-state index contributed by atoms with van der Waals surface area (Å²) in [5.74, 6) is 0. The van der Waals surface area contributed by atoms with E-state index < -0.39 is 10.2 Å². The summed E-state index contributed by atoms with van der Waals surface area (Å²) >= 11 is 0. The van der Waals surface area contributed by atoms with Crippen LogP contribution in [-0.4, -0.2) is 0 Å².